The molecule has 7 heteroatoms. The van der Waals surface area contributed by atoms with Gasteiger partial charge in [0.25, 0.3) is 5.91 Å². The maximum atomic E-state index is 13.1. The average molecular weight is 361 g/mol. The highest BCUT2D eigenvalue weighted by atomic mass is 19.1. The van der Waals surface area contributed by atoms with Crippen molar-refractivity contribution in [3.63, 3.8) is 0 Å². The van der Waals surface area contributed by atoms with Crippen LogP contribution in [0.1, 0.15) is 27.2 Å². The second kappa shape index (κ2) is 7.05. The van der Waals surface area contributed by atoms with E-state index in [-0.39, 0.29) is 12.5 Å². The van der Waals surface area contributed by atoms with Crippen LogP contribution in [0.2, 0.25) is 0 Å². The van der Waals surface area contributed by atoms with Gasteiger partial charge in [0, 0.05) is 18.8 Å². The van der Waals surface area contributed by atoms with Crippen molar-refractivity contribution in [2.24, 2.45) is 11.8 Å². The Morgan fingerprint density at radius 3 is 2.23 bits per heavy atom. The number of benzene rings is 1. The van der Waals surface area contributed by atoms with E-state index in [1.807, 2.05) is 0 Å². The summed E-state index contributed by atoms with van der Waals surface area (Å²) in [5, 5.41) is 0. The molecule has 3 rings (SSSR count). The van der Waals surface area contributed by atoms with Crippen molar-refractivity contribution >= 4 is 23.5 Å². The lowest BCUT2D eigenvalue weighted by molar-refractivity contribution is -0.139. The molecule has 2 fully saturated rings. The van der Waals surface area contributed by atoms with Crippen molar-refractivity contribution in [2.45, 2.75) is 33.2 Å². The maximum absolute atomic E-state index is 13.1. The number of anilines is 1. The van der Waals surface area contributed by atoms with E-state index in [1.54, 1.807) is 11.8 Å². The number of likely N-dealkylation sites (tertiary alicyclic amines) is 1. The Bertz CT molecular complexity index is 711. The minimum absolute atomic E-state index is 0.210. The van der Waals surface area contributed by atoms with Crippen molar-refractivity contribution < 1.29 is 18.8 Å². The highest BCUT2D eigenvalue weighted by molar-refractivity contribution is 6.15. The molecule has 2 saturated heterocycles. The van der Waals surface area contributed by atoms with Crippen LogP contribution in [0, 0.1) is 17.7 Å². The van der Waals surface area contributed by atoms with E-state index in [0.29, 0.717) is 30.6 Å². The molecule has 0 radical (unpaired) electrons. The molecule has 1 aromatic rings. The number of rotatable bonds is 3. The van der Waals surface area contributed by atoms with E-state index < -0.39 is 23.8 Å². The standard InChI is InChI=1S/C19H24FN3O3/c1-12-8-13(2)10-21(9-12)17(24)11-22-18(25)14(3)23(19(22)26)16-6-4-15(20)5-7-16/h4-7,12-14H,8-11H2,1-3H3. The first-order valence-corrected chi connectivity index (χ1v) is 8.95. The first-order valence-electron chi connectivity index (χ1n) is 8.95. The highest BCUT2D eigenvalue weighted by Crippen LogP contribution is 2.27. The Kier molecular flexibility index (Phi) is 4.98. The zero-order valence-corrected chi connectivity index (χ0v) is 15.3. The van der Waals surface area contributed by atoms with Crippen LogP contribution in [0.4, 0.5) is 14.9 Å². The fourth-order valence-electron chi connectivity index (χ4n) is 3.91. The first kappa shape index (κ1) is 18.4. The van der Waals surface area contributed by atoms with E-state index >= 15 is 0 Å². The number of hydrogen-bond donors (Lipinski definition) is 0. The third-order valence-electron chi connectivity index (χ3n) is 5.07. The predicted octanol–water partition coefficient (Wildman–Crippen LogP) is 2.49. The van der Waals surface area contributed by atoms with Gasteiger partial charge in [-0.15, -0.1) is 0 Å². The number of nitrogens with zero attached hydrogens (tertiary/aromatic N) is 3. The van der Waals surface area contributed by atoms with Crippen LogP contribution in [-0.4, -0.2) is 53.3 Å². The number of hydrogen-bond acceptors (Lipinski definition) is 3. The molecule has 4 amide bonds. The molecule has 0 aliphatic carbocycles. The van der Waals surface area contributed by atoms with Crippen molar-refractivity contribution in [2.75, 3.05) is 24.5 Å². The summed E-state index contributed by atoms with van der Waals surface area (Å²) >= 11 is 0. The Morgan fingerprint density at radius 1 is 1.08 bits per heavy atom. The predicted molar refractivity (Wildman–Crippen MR) is 95.0 cm³/mol. The van der Waals surface area contributed by atoms with Crippen LogP contribution in [0.15, 0.2) is 24.3 Å². The van der Waals surface area contributed by atoms with Gasteiger partial charge in [0.15, 0.2) is 0 Å². The lowest BCUT2D eigenvalue weighted by atomic mass is 9.92. The zero-order chi connectivity index (χ0) is 19.0. The fourth-order valence-corrected chi connectivity index (χ4v) is 3.91. The molecule has 0 saturated carbocycles. The third kappa shape index (κ3) is 3.43. The summed E-state index contributed by atoms with van der Waals surface area (Å²) in [6, 6.07) is 4.13. The Hall–Kier alpha value is -2.44. The van der Waals surface area contributed by atoms with Gasteiger partial charge in [-0.3, -0.25) is 19.4 Å². The van der Waals surface area contributed by atoms with Crippen LogP contribution >= 0.6 is 0 Å². The Labute approximate surface area is 152 Å². The monoisotopic (exact) mass is 361 g/mol. The normalized spacial score (nSPS) is 26.6. The summed E-state index contributed by atoms with van der Waals surface area (Å²) in [6.45, 7) is 6.85. The molecule has 26 heavy (non-hydrogen) atoms. The average Bonchev–Trinajstić information content (AvgIpc) is 2.78. The van der Waals surface area contributed by atoms with E-state index in [0.717, 1.165) is 11.3 Å². The van der Waals surface area contributed by atoms with Crippen LogP contribution in [0.5, 0.6) is 0 Å². The molecule has 6 nitrogen and oxygen atoms in total. The van der Waals surface area contributed by atoms with Gasteiger partial charge in [-0.1, -0.05) is 13.8 Å². The number of carbonyl (C=O) groups excluding carboxylic acids is 3. The van der Waals surface area contributed by atoms with Gasteiger partial charge >= 0.3 is 6.03 Å². The molecule has 3 unspecified atom stereocenters. The molecular formula is C19H24FN3O3. The Morgan fingerprint density at radius 2 is 1.65 bits per heavy atom. The smallest absolute Gasteiger partial charge is 0.332 e. The highest BCUT2D eigenvalue weighted by Gasteiger charge is 2.44. The number of amides is 4. The summed E-state index contributed by atoms with van der Waals surface area (Å²) in [5.74, 6) is -0.228. The first-order chi connectivity index (χ1) is 12.3. The van der Waals surface area contributed by atoms with Crippen LogP contribution in [-0.2, 0) is 9.59 Å². The molecule has 0 N–H and O–H groups in total. The summed E-state index contributed by atoms with van der Waals surface area (Å²) in [7, 11) is 0. The van der Waals surface area contributed by atoms with Crippen LogP contribution < -0.4 is 4.90 Å². The number of imide groups is 1. The number of piperidine rings is 1. The molecule has 2 heterocycles. The maximum Gasteiger partial charge on any atom is 0.332 e. The molecular weight excluding hydrogens is 337 g/mol. The summed E-state index contributed by atoms with van der Waals surface area (Å²) in [6.07, 6.45) is 1.07. The SMILES string of the molecule is CC1CC(C)CN(C(=O)CN2C(=O)C(C)N(c3ccc(F)cc3)C2=O)C1. The minimum Gasteiger partial charge on any atom is -0.341 e. The number of urea groups is 1. The molecule has 2 aliphatic rings. The largest absolute Gasteiger partial charge is 0.341 e. The van der Waals surface area contributed by atoms with Crippen LogP contribution in [0.25, 0.3) is 0 Å². The molecule has 0 aromatic heterocycles. The quantitative estimate of drug-likeness (QED) is 0.777. The lowest BCUT2D eigenvalue weighted by Crippen LogP contribution is -2.48. The third-order valence-corrected chi connectivity index (χ3v) is 5.07. The summed E-state index contributed by atoms with van der Waals surface area (Å²) < 4.78 is 13.1. The number of halogens is 1. The van der Waals surface area contributed by atoms with Gasteiger partial charge in [0.05, 0.1) is 0 Å². The zero-order valence-electron chi connectivity index (χ0n) is 15.3. The second-order valence-corrected chi connectivity index (χ2v) is 7.47. The molecule has 0 spiro atoms. The molecule has 3 atom stereocenters. The Balaban J connectivity index is 1.74. The second-order valence-electron chi connectivity index (χ2n) is 7.47. The van der Waals surface area contributed by atoms with Gasteiger partial charge in [-0.25, -0.2) is 9.18 Å². The minimum atomic E-state index is -0.722. The van der Waals surface area contributed by atoms with Crippen molar-refractivity contribution in [3.05, 3.63) is 30.1 Å². The van der Waals surface area contributed by atoms with E-state index in [1.165, 1.54) is 29.2 Å². The van der Waals surface area contributed by atoms with Crippen molar-refractivity contribution in [1.82, 2.24) is 9.80 Å². The molecule has 2 aliphatic heterocycles. The fraction of sp³-hybridized carbons (Fsp3) is 0.526. The van der Waals surface area contributed by atoms with Gasteiger partial charge in [-0.05, 0) is 49.4 Å². The van der Waals surface area contributed by atoms with E-state index in [9.17, 15) is 18.8 Å². The van der Waals surface area contributed by atoms with Gasteiger partial charge in [0.1, 0.15) is 18.4 Å². The van der Waals surface area contributed by atoms with Crippen molar-refractivity contribution in [1.29, 1.82) is 0 Å². The lowest BCUT2D eigenvalue weighted by Gasteiger charge is -2.35. The topological polar surface area (TPSA) is 60.9 Å². The van der Waals surface area contributed by atoms with Gasteiger partial charge in [0.2, 0.25) is 5.91 Å². The van der Waals surface area contributed by atoms with Crippen molar-refractivity contribution in [3.8, 4) is 0 Å². The van der Waals surface area contributed by atoms with Gasteiger partial charge in [-0.2, -0.15) is 0 Å². The van der Waals surface area contributed by atoms with E-state index in [2.05, 4.69) is 13.8 Å². The number of carbonyl (C=O) groups is 3. The molecule has 0 bridgehead atoms. The summed E-state index contributed by atoms with van der Waals surface area (Å²) in [5.41, 5.74) is 0.437. The van der Waals surface area contributed by atoms with E-state index in [4.69, 9.17) is 0 Å². The molecule has 1 aromatic carbocycles. The van der Waals surface area contributed by atoms with Gasteiger partial charge < -0.3 is 4.90 Å². The summed E-state index contributed by atoms with van der Waals surface area (Å²) in [4.78, 5) is 41.9. The molecule has 140 valence electrons. The van der Waals surface area contributed by atoms with Crippen LogP contribution in [0.3, 0.4) is 0 Å².